The number of nitrogens with one attached hydrogen (secondary N) is 3. The molecule has 1 unspecified atom stereocenters. The summed E-state index contributed by atoms with van der Waals surface area (Å²) in [7, 11) is 0. The molecule has 0 radical (unpaired) electrons. The molecular weight excluding hydrogens is 502 g/mol. The second-order valence-corrected chi connectivity index (χ2v) is 8.49. The van der Waals surface area contributed by atoms with Gasteiger partial charge in [0.15, 0.2) is 5.11 Å². The molecule has 0 aromatic heterocycles. The molecule has 0 fully saturated rings. The molecular formula is C25H24BrN3O3S. The summed E-state index contributed by atoms with van der Waals surface area (Å²) in [5.41, 5.74) is 2.43. The van der Waals surface area contributed by atoms with E-state index in [2.05, 4.69) is 31.9 Å². The second kappa shape index (κ2) is 11.6. The summed E-state index contributed by atoms with van der Waals surface area (Å²) in [4.78, 5) is 25.4. The molecule has 0 saturated heterocycles. The fraction of sp³-hybridized carbons (Fsp3) is 0.160. The number of carbonyl (C=O) groups is 2. The Kier molecular flexibility index (Phi) is 8.57. The molecule has 0 spiro atoms. The number of ether oxygens (including phenoxy) is 1. The van der Waals surface area contributed by atoms with Gasteiger partial charge in [-0.25, -0.2) is 0 Å². The van der Waals surface area contributed by atoms with Crippen LogP contribution in [0.15, 0.2) is 77.3 Å². The molecule has 3 rings (SSSR count). The lowest BCUT2D eigenvalue weighted by molar-refractivity contribution is 0.0937. The Morgan fingerprint density at radius 2 is 1.76 bits per heavy atom. The van der Waals surface area contributed by atoms with E-state index in [4.69, 9.17) is 17.0 Å². The van der Waals surface area contributed by atoms with Gasteiger partial charge in [-0.05, 0) is 68.0 Å². The lowest BCUT2D eigenvalue weighted by Gasteiger charge is -2.15. The van der Waals surface area contributed by atoms with Crippen LogP contribution in [0.2, 0.25) is 0 Å². The van der Waals surface area contributed by atoms with E-state index in [1.165, 1.54) is 0 Å². The van der Waals surface area contributed by atoms with Gasteiger partial charge in [-0.2, -0.15) is 0 Å². The highest BCUT2D eigenvalue weighted by molar-refractivity contribution is 9.10. The molecule has 3 N–H and O–H groups in total. The van der Waals surface area contributed by atoms with E-state index in [9.17, 15) is 9.59 Å². The summed E-state index contributed by atoms with van der Waals surface area (Å²) in [5.74, 6) is -0.143. The second-order valence-electron chi connectivity index (χ2n) is 7.17. The predicted octanol–water partition coefficient (Wildman–Crippen LogP) is 5.47. The third-order valence-electron chi connectivity index (χ3n) is 4.74. The first-order valence-electron chi connectivity index (χ1n) is 10.4. The average molecular weight is 526 g/mol. The van der Waals surface area contributed by atoms with Gasteiger partial charge in [-0.15, -0.1) is 0 Å². The summed E-state index contributed by atoms with van der Waals surface area (Å²) in [5, 5.41) is 8.70. The number of amides is 2. The van der Waals surface area contributed by atoms with Crippen LogP contribution in [0.5, 0.6) is 5.75 Å². The summed E-state index contributed by atoms with van der Waals surface area (Å²) >= 11 is 8.67. The van der Waals surface area contributed by atoms with Gasteiger partial charge in [0.2, 0.25) is 0 Å². The lowest BCUT2D eigenvalue weighted by Crippen LogP contribution is -2.34. The topological polar surface area (TPSA) is 79.5 Å². The highest BCUT2D eigenvalue weighted by Crippen LogP contribution is 2.23. The zero-order valence-electron chi connectivity index (χ0n) is 18.2. The zero-order chi connectivity index (χ0) is 23.8. The van der Waals surface area contributed by atoms with E-state index in [1.54, 1.807) is 42.5 Å². The third-order valence-corrected chi connectivity index (χ3v) is 5.44. The van der Waals surface area contributed by atoms with E-state index < -0.39 is 5.91 Å². The zero-order valence-corrected chi connectivity index (χ0v) is 20.6. The Balaban J connectivity index is 1.64. The van der Waals surface area contributed by atoms with Gasteiger partial charge in [-0.1, -0.05) is 52.3 Å². The van der Waals surface area contributed by atoms with Gasteiger partial charge in [-0.3, -0.25) is 14.9 Å². The number of halogens is 1. The summed E-state index contributed by atoms with van der Waals surface area (Å²) < 4.78 is 6.28. The van der Waals surface area contributed by atoms with Gasteiger partial charge in [0.05, 0.1) is 18.2 Å². The Bertz CT molecular complexity index is 1150. The van der Waals surface area contributed by atoms with Crippen LogP contribution < -0.4 is 20.7 Å². The molecule has 8 heteroatoms. The Morgan fingerprint density at radius 1 is 1.00 bits per heavy atom. The van der Waals surface area contributed by atoms with Crippen LogP contribution in [0.1, 0.15) is 46.2 Å². The standard InChI is InChI=1S/C25H24BrN3O3S/c1-3-32-22-13-12-19(26)15-21(22)24(31)29-25(33)28-20-11-7-10-18(14-20)23(30)27-16(2)17-8-5-4-6-9-17/h4-16H,3H2,1-2H3,(H,27,30)(H2,28,29,31,33). The van der Waals surface area contributed by atoms with E-state index in [-0.39, 0.29) is 17.1 Å². The first-order chi connectivity index (χ1) is 15.9. The summed E-state index contributed by atoms with van der Waals surface area (Å²) in [6.45, 7) is 4.21. The molecule has 0 aliphatic carbocycles. The molecule has 2 amide bonds. The number of anilines is 1. The Morgan fingerprint density at radius 3 is 2.48 bits per heavy atom. The van der Waals surface area contributed by atoms with E-state index in [0.29, 0.717) is 29.2 Å². The van der Waals surface area contributed by atoms with Crippen LogP contribution in [0.4, 0.5) is 5.69 Å². The van der Waals surface area contributed by atoms with Crippen LogP contribution in [0.25, 0.3) is 0 Å². The fourth-order valence-electron chi connectivity index (χ4n) is 3.14. The van der Waals surface area contributed by atoms with Crippen LogP contribution in [-0.4, -0.2) is 23.5 Å². The molecule has 3 aromatic carbocycles. The third kappa shape index (κ3) is 6.87. The first kappa shape index (κ1) is 24.4. The maximum absolute atomic E-state index is 12.7. The number of hydrogen-bond donors (Lipinski definition) is 3. The van der Waals surface area contributed by atoms with Crippen molar-refractivity contribution in [1.82, 2.24) is 10.6 Å². The van der Waals surface area contributed by atoms with Gasteiger partial charge in [0, 0.05) is 15.7 Å². The van der Waals surface area contributed by atoms with Gasteiger partial charge in [0.25, 0.3) is 11.8 Å². The molecule has 0 bridgehead atoms. The monoisotopic (exact) mass is 525 g/mol. The maximum Gasteiger partial charge on any atom is 0.261 e. The quantitative estimate of drug-likeness (QED) is 0.356. The summed E-state index contributed by atoms with van der Waals surface area (Å²) in [6, 6.07) is 21.7. The van der Waals surface area contributed by atoms with Crippen molar-refractivity contribution in [2.45, 2.75) is 19.9 Å². The Hall–Kier alpha value is -3.23. The average Bonchev–Trinajstić information content (AvgIpc) is 2.81. The molecule has 0 aliphatic rings. The number of thiocarbonyl (C=S) groups is 1. The van der Waals surface area contributed by atoms with Crippen molar-refractivity contribution in [3.8, 4) is 5.75 Å². The lowest BCUT2D eigenvalue weighted by atomic mass is 10.1. The van der Waals surface area contributed by atoms with Crippen molar-refractivity contribution < 1.29 is 14.3 Å². The van der Waals surface area contributed by atoms with Gasteiger partial charge >= 0.3 is 0 Å². The number of hydrogen-bond acceptors (Lipinski definition) is 4. The number of benzene rings is 3. The highest BCUT2D eigenvalue weighted by atomic mass is 79.9. The smallest absolute Gasteiger partial charge is 0.261 e. The van der Waals surface area contributed by atoms with Crippen molar-refractivity contribution >= 4 is 50.8 Å². The van der Waals surface area contributed by atoms with E-state index in [0.717, 1.165) is 10.0 Å². The van der Waals surface area contributed by atoms with E-state index >= 15 is 0 Å². The molecule has 170 valence electrons. The van der Waals surface area contributed by atoms with Crippen LogP contribution in [0.3, 0.4) is 0 Å². The van der Waals surface area contributed by atoms with Gasteiger partial charge in [0.1, 0.15) is 5.75 Å². The van der Waals surface area contributed by atoms with Crippen molar-refractivity contribution in [1.29, 1.82) is 0 Å². The van der Waals surface area contributed by atoms with Crippen LogP contribution in [-0.2, 0) is 0 Å². The van der Waals surface area contributed by atoms with Gasteiger partial charge < -0.3 is 15.4 Å². The number of rotatable bonds is 7. The molecule has 6 nitrogen and oxygen atoms in total. The minimum atomic E-state index is -0.400. The molecule has 0 aliphatic heterocycles. The molecule has 33 heavy (non-hydrogen) atoms. The number of carbonyl (C=O) groups excluding carboxylic acids is 2. The van der Waals surface area contributed by atoms with Crippen molar-refractivity contribution in [3.05, 3.63) is 94.0 Å². The van der Waals surface area contributed by atoms with Crippen molar-refractivity contribution in [2.75, 3.05) is 11.9 Å². The first-order valence-corrected chi connectivity index (χ1v) is 11.6. The van der Waals surface area contributed by atoms with Crippen molar-refractivity contribution in [2.24, 2.45) is 0 Å². The molecule has 0 saturated carbocycles. The van der Waals surface area contributed by atoms with Crippen LogP contribution >= 0.6 is 28.1 Å². The SMILES string of the molecule is CCOc1ccc(Br)cc1C(=O)NC(=S)Nc1cccc(C(=O)NC(C)c2ccccc2)c1. The minimum Gasteiger partial charge on any atom is -0.493 e. The molecule has 1 atom stereocenters. The normalized spacial score (nSPS) is 11.2. The summed E-state index contributed by atoms with van der Waals surface area (Å²) in [6.07, 6.45) is 0. The largest absolute Gasteiger partial charge is 0.493 e. The highest BCUT2D eigenvalue weighted by Gasteiger charge is 2.16. The maximum atomic E-state index is 12.7. The van der Waals surface area contributed by atoms with Crippen molar-refractivity contribution in [3.63, 3.8) is 0 Å². The molecule has 0 heterocycles. The fourth-order valence-corrected chi connectivity index (χ4v) is 3.71. The van der Waals surface area contributed by atoms with E-state index in [1.807, 2.05) is 44.2 Å². The molecule has 3 aromatic rings. The minimum absolute atomic E-state index is 0.109. The Labute approximate surface area is 206 Å². The predicted molar refractivity (Wildman–Crippen MR) is 138 cm³/mol. The van der Waals surface area contributed by atoms with Crippen LogP contribution in [0, 0.1) is 0 Å².